The van der Waals surface area contributed by atoms with Gasteiger partial charge >= 0.3 is 6.18 Å². The Kier molecular flexibility index (Phi) is 5.28. The number of alkyl halides is 3. The molecule has 0 fully saturated rings. The van der Waals surface area contributed by atoms with Gasteiger partial charge in [-0.1, -0.05) is 47.5 Å². The summed E-state index contributed by atoms with van der Waals surface area (Å²) in [6.07, 6.45) is -4.71. The van der Waals surface area contributed by atoms with E-state index in [9.17, 15) is 18.0 Å². The van der Waals surface area contributed by atoms with Gasteiger partial charge in [0.15, 0.2) is 0 Å². The van der Waals surface area contributed by atoms with Crippen LogP contribution in [-0.2, 0) is 11.0 Å². The lowest BCUT2D eigenvalue weighted by Gasteiger charge is -2.29. The third kappa shape index (κ3) is 3.98. The number of fused-ring (bicyclic) bond motifs is 1. The Morgan fingerprint density at radius 1 is 1.03 bits per heavy atom. The largest absolute Gasteiger partial charge is 0.453 e. The highest BCUT2D eigenvalue weighted by Crippen LogP contribution is 2.38. The summed E-state index contributed by atoms with van der Waals surface area (Å²) in [5.74, 6) is -1.76. The predicted molar refractivity (Wildman–Crippen MR) is 115 cm³/mol. The Morgan fingerprint density at radius 3 is 2.31 bits per heavy atom. The number of nitrogens with zero attached hydrogens (tertiary/aromatic N) is 3. The zero-order valence-corrected chi connectivity index (χ0v) is 18.0. The van der Waals surface area contributed by atoms with Gasteiger partial charge in [-0.2, -0.15) is 18.2 Å². The Bertz CT molecular complexity index is 1230. The van der Waals surface area contributed by atoms with Crippen molar-refractivity contribution in [2.45, 2.75) is 39.9 Å². The number of benzene rings is 2. The van der Waals surface area contributed by atoms with Crippen LogP contribution in [0.3, 0.4) is 0 Å². The van der Waals surface area contributed by atoms with E-state index in [-0.39, 0.29) is 11.5 Å². The standard InChI is InChI=1S/C23H22F3N5O/c1-12-5-8-16(9-6-12)19-18(20(32)28-17-10-7-13(2)11-14(17)3)15(4)27-22-29-21(23(24,25)26)30-31(19)22/h5-11,19H,1-4H3,(H,28,32)(H,27,29,30)/t19-/m1/s1. The number of halogens is 3. The molecule has 2 heterocycles. The van der Waals surface area contributed by atoms with Crippen LogP contribution in [0.1, 0.15) is 41.0 Å². The summed E-state index contributed by atoms with van der Waals surface area (Å²) in [6.45, 7) is 7.38. The molecule has 1 aliphatic heterocycles. The fourth-order valence-corrected chi connectivity index (χ4v) is 3.77. The molecule has 0 saturated carbocycles. The zero-order valence-electron chi connectivity index (χ0n) is 18.0. The maximum atomic E-state index is 13.4. The molecule has 0 bridgehead atoms. The highest BCUT2D eigenvalue weighted by Gasteiger charge is 2.41. The summed E-state index contributed by atoms with van der Waals surface area (Å²) in [5, 5.41) is 9.42. The van der Waals surface area contributed by atoms with E-state index in [2.05, 4.69) is 20.7 Å². The van der Waals surface area contributed by atoms with Crippen LogP contribution in [0.15, 0.2) is 53.7 Å². The lowest BCUT2D eigenvalue weighted by Crippen LogP contribution is -2.31. The lowest BCUT2D eigenvalue weighted by atomic mass is 9.94. The number of hydrogen-bond donors (Lipinski definition) is 2. The number of rotatable bonds is 3. The summed E-state index contributed by atoms with van der Waals surface area (Å²) in [5.41, 5.74) is 4.85. The van der Waals surface area contributed by atoms with E-state index in [1.54, 1.807) is 25.1 Å². The molecule has 1 aliphatic rings. The normalized spacial score (nSPS) is 15.9. The fourth-order valence-electron chi connectivity index (χ4n) is 3.77. The molecule has 0 spiro atoms. The van der Waals surface area contributed by atoms with Gasteiger partial charge in [0, 0.05) is 11.4 Å². The molecule has 3 aromatic rings. The molecule has 1 atom stereocenters. The van der Waals surface area contributed by atoms with Crippen LogP contribution in [0.5, 0.6) is 0 Å². The molecule has 1 amide bonds. The molecule has 6 nitrogen and oxygen atoms in total. The molecule has 1 aromatic heterocycles. The van der Waals surface area contributed by atoms with Crippen molar-refractivity contribution >= 4 is 17.5 Å². The van der Waals surface area contributed by atoms with Gasteiger partial charge in [-0.3, -0.25) is 4.79 Å². The second kappa shape index (κ2) is 7.81. The summed E-state index contributed by atoms with van der Waals surface area (Å²) in [6, 6.07) is 12.0. The summed E-state index contributed by atoms with van der Waals surface area (Å²) < 4.78 is 41.1. The van der Waals surface area contributed by atoms with E-state index >= 15 is 0 Å². The first-order valence-corrected chi connectivity index (χ1v) is 10.0. The van der Waals surface area contributed by atoms with E-state index in [0.29, 0.717) is 16.9 Å². The van der Waals surface area contributed by atoms with E-state index in [1.807, 2.05) is 45.0 Å². The highest BCUT2D eigenvalue weighted by molar-refractivity contribution is 6.06. The van der Waals surface area contributed by atoms with Gasteiger partial charge in [0.2, 0.25) is 5.95 Å². The molecule has 0 aliphatic carbocycles. The number of aryl methyl sites for hydroxylation is 3. The Balaban J connectivity index is 1.81. The molecular formula is C23H22F3N5O. The number of allylic oxidation sites excluding steroid dienone is 1. The number of nitrogens with one attached hydrogen (secondary N) is 2. The minimum Gasteiger partial charge on any atom is -0.328 e. The van der Waals surface area contributed by atoms with Crippen LogP contribution in [0.4, 0.5) is 24.8 Å². The quantitative estimate of drug-likeness (QED) is 0.590. The molecule has 0 saturated heterocycles. The van der Waals surface area contributed by atoms with Crippen LogP contribution >= 0.6 is 0 Å². The van der Waals surface area contributed by atoms with Crippen LogP contribution in [-0.4, -0.2) is 20.7 Å². The number of aromatic nitrogens is 3. The smallest absolute Gasteiger partial charge is 0.328 e. The first-order chi connectivity index (χ1) is 15.0. The first-order valence-electron chi connectivity index (χ1n) is 10.0. The third-order valence-corrected chi connectivity index (χ3v) is 5.37. The zero-order chi connectivity index (χ0) is 23.2. The van der Waals surface area contributed by atoms with Crippen molar-refractivity contribution in [1.29, 1.82) is 0 Å². The predicted octanol–water partition coefficient (Wildman–Crippen LogP) is 5.15. The monoisotopic (exact) mass is 441 g/mol. The molecule has 0 unspecified atom stereocenters. The maximum Gasteiger partial charge on any atom is 0.453 e. The second-order valence-corrected chi connectivity index (χ2v) is 7.95. The molecule has 9 heteroatoms. The molecular weight excluding hydrogens is 419 g/mol. The minimum absolute atomic E-state index is 0.0662. The summed E-state index contributed by atoms with van der Waals surface area (Å²) >= 11 is 0. The SMILES string of the molecule is CC1=C(C(=O)Nc2ccc(C)cc2C)[C@@H](c2ccc(C)cc2)n2nc(C(F)(F)F)nc2N1. The van der Waals surface area contributed by atoms with Crippen LogP contribution in [0.25, 0.3) is 0 Å². The van der Waals surface area contributed by atoms with E-state index in [1.165, 1.54) is 0 Å². The number of amides is 1. The summed E-state index contributed by atoms with van der Waals surface area (Å²) in [7, 11) is 0. The van der Waals surface area contributed by atoms with Crippen molar-refractivity contribution in [3.63, 3.8) is 0 Å². The van der Waals surface area contributed by atoms with Gasteiger partial charge in [0.25, 0.3) is 11.7 Å². The highest BCUT2D eigenvalue weighted by atomic mass is 19.4. The van der Waals surface area contributed by atoms with Crippen molar-refractivity contribution in [2.24, 2.45) is 0 Å². The fraction of sp³-hybridized carbons (Fsp3) is 0.261. The number of hydrogen-bond acceptors (Lipinski definition) is 4. The van der Waals surface area contributed by atoms with Crippen LogP contribution < -0.4 is 10.6 Å². The molecule has 0 radical (unpaired) electrons. The Morgan fingerprint density at radius 2 is 1.69 bits per heavy atom. The average molecular weight is 441 g/mol. The van der Waals surface area contributed by atoms with Gasteiger partial charge in [-0.05, 0) is 44.9 Å². The average Bonchev–Trinajstić information content (AvgIpc) is 3.14. The molecule has 166 valence electrons. The first kappa shape index (κ1) is 21.6. The Hall–Kier alpha value is -3.62. The molecule has 4 rings (SSSR count). The lowest BCUT2D eigenvalue weighted by molar-refractivity contribution is -0.145. The van der Waals surface area contributed by atoms with Crippen molar-refractivity contribution in [3.8, 4) is 0 Å². The van der Waals surface area contributed by atoms with Crippen LogP contribution in [0.2, 0.25) is 0 Å². The Labute approximate surface area is 183 Å². The molecule has 2 aromatic carbocycles. The van der Waals surface area contributed by atoms with Gasteiger partial charge in [0.05, 0.1) is 5.57 Å². The van der Waals surface area contributed by atoms with Crippen LogP contribution in [0, 0.1) is 20.8 Å². The van der Waals surface area contributed by atoms with E-state index in [4.69, 9.17) is 0 Å². The van der Waals surface area contributed by atoms with Gasteiger partial charge in [0.1, 0.15) is 6.04 Å². The van der Waals surface area contributed by atoms with Crippen molar-refractivity contribution in [1.82, 2.24) is 14.8 Å². The number of carbonyl (C=O) groups is 1. The van der Waals surface area contributed by atoms with E-state index in [0.717, 1.165) is 21.4 Å². The van der Waals surface area contributed by atoms with Gasteiger partial charge in [-0.15, -0.1) is 5.10 Å². The minimum atomic E-state index is -4.71. The molecule has 32 heavy (non-hydrogen) atoms. The van der Waals surface area contributed by atoms with Crippen molar-refractivity contribution in [2.75, 3.05) is 10.6 Å². The summed E-state index contributed by atoms with van der Waals surface area (Å²) in [4.78, 5) is 17.0. The van der Waals surface area contributed by atoms with Gasteiger partial charge in [-0.25, -0.2) is 4.68 Å². The third-order valence-electron chi connectivity index (χ3n) is 5.37. The van der Waals surface area contributed by atoms with Gasteiger partial charge < -0.3 is 10.6 Å². The second-order valence-electron chi connectivity index (χ2n) is 7.95. The van der Waals surface area contributed by atoms with E-state index < -0.39 is 23.9 Å². The number of anilines is 2. The number of carbonyl (C=O) groups excluding carboxylic acids is 1. The van der Waals surface area contributed by atoms with Crippen molar-refractivity contribution < 1.29 is 18.0 Å². The molecule has 2 N–H and O–H groups in total. The topological polar surface area (TPSA) is 71.8 Å². The maximum absolute atomic E-state index is 13.4. The van der Waals surface area contributed by atoms with Crippen molar-refractivity contribution in [3.05, 3.63) is 81.8 Å².